The molecule has 0 aliphatic carbocycles. The molecule has 0 atom stereocenters. The van der Waals surface area contributed by atoms with Crippen molar-refractivity contribution in [1.82, 2.24) is 9.97 Å². The van der Waals surface area contributed by atoms with Gasteiger partial charge < -0.3 is 14.9 Å². The molecule has 2 rings (SSSR count). The average Bonchev–Trinajstić information content (AvgIpc) is 2.59. The van der Waals surface area contributed by atoms with E-state index in [1.54, 1.807) is 0 Å². The molecule has 0 amide bonds. The van der Waals surface area contributed by atoms with Gasteiger partial charge in [0.2, 0.25) is 5.88 Å². The van der Waals surface area contributed by atoms with Crippen molar-refractivity contribution in [3.63, 3.8) is 0 Å². The lowest BCUT2D eigenvalue weighted by atomic mass is 10.2. The molecule has 2 aromatic heterocycles. The van der Waals surface area contributed by atoms with Gasteiger partial charge in [-0.2, -0.15) is 26.3 Å². The number of methoxy groups -OCH3 is 1. The highest BCUT2D eigenvalue weighted by atomic mass is 35.5. The summed E-state index contributed by atoms with van der Waals surface area (Å²) < 4.78 is 77.5. The zero-order valence-corrected chi connectivity index (χ0v) is 14.7. The van der Waals surface area contributed by atoms with E-state index in [4.69, 9.17) is 21.8 Å². The van der Waals surface area contributed by atoms with Gasteiger partial charge in [0.05, 0.1) is 18.2 Å². The number of rotatable bonds is 3. The van der Waals surface area contributed by atoms with Crippen LogP contribution in [0, 0.1) is 0 Å². The molecule has 0 radical (unpaired) electrons. The summed E-state index contributed by atoms with van der Waals surface area (Å²) in [5.74, 6) is -3.34. The van der Waals surface area contributed by atoms with Gasteiger partial charge in [0.1, 0.15) is 16.5 Å². The van der Waals surface area contributed by atoms with Gasteiger partial charge in [-0.25, -0.2) is 19.6 Å². The van der Waals surface area contributed by atoms with Crippen LogP contribution >= 0.6 is 11.6 Å². The Hall–Kier alpha value is -3.09. The normalized spacial score (nSPS) is 11.3. The number of hydrogen-bond acceptors (Lipinski definition) is 5. The first-order valence-electron chi connectivity index (χ1n) is 6.99. The van der Waals surface area contributed by atoms with Crippen LogP contribution in [-0.2, 0) is 12.4 Å². The second-order valence-corrected chi connectivity index (χ2v) is 5.34. The smallest absolute Gasteiger partial charge is 0.433 e. The summed E-state index contributed by atoms with van der Waals surface area (Å²) in [6.07, 6.45) is -9.40. The number of hydrogen-bond donors (Lipinski definition) is 2. The van der Waals surface area contributed by atoms with Crippen LogP contribution in [0.1, 0.15) is 32.1 Å². The minimum absolute atomic E-state index is 0.387. The number of alkyl halides is 6. The maximum absolute atomic E-state index is 12.2. The standard InChI is InChI=1S/C8H6F3NO3.C7H3ClF3NO2/c1-15-6-3-4(7(13)14)2-5(12-6)8(9,10)11;8-5-2-3(6(13)14)1-4(12-5)7(9,10)11/h2-3H,1H3,(H,13,14);1-2H,(H,13,14). The van der Waals surface area contributed by atoms with Crippen LogP contribution in [-0.4, -0.2) is 39.2 Å². The Morgan fingerprint density at radius 1 is 0.862 bits per heavy atom. The minimum Gasteiger partial charge on any atom is -0.481 e. The third-order valence-electron chi connectivity index (χ3n) is 2.88. The molecular weight excluding hydrogens is 438 g/mol. The van der Waals surface area contributed by atoms with Crippen LogP contribution in [0.3, 0.4) is 0 Å². The van der Waals surface area contributed by atoms with Crippen LogP contribution in [0.15, 0.2) is 24.3 Å². The van der Waals surface area contributed by atoms with Crippen molar-refractivity contribution in [2.45, 2.75) is 12.4 Å². The van der Waals surface area contributed by atoms with Gasteiger partial charge in [-0.3, -0.25) is 0 Å². The largest absolute Gasteiger partial charge is 0.481 e. The Bertz CT molecular complexity index is 917. The Morgan fingerprint density at radius 2 is 1.28 bits per heavy atom. The number of aromatic nitrogens is 2. The van der Waals surface area contributed by atoms with E-state index in [-0.39, 0.29) is 5.88 Å². The molecule has 7 nitrogen and oxygen atoms in total. The summed E-state index contributed by atoms with van der Waals surface area (Å²) >= 11 is 5.23. The van der Waals surface area contributed by atoms with E-state index < -0.39 is 52.0 Å². The van der Waals surface area contributed by atoms with E-state index in [0.29, 0.717) is 12.1 Å². The number of ether oxygens (including phenoxy) is 1. The summed E-state index contributed by atoms with van der Waals surface area (Å²) in [5.41, 5.74) is -3.67. The molecule has 0 aliphatic rings. The van der Waals surface area contributed by atoms with Gasteiger partial charge in [0, 0.05) is 6.07 Å². The van der Waals surface area contributed by atoms with Crippen LogP contribution in [0.5, 0.6) is 5.88 Å². The predicted octanol–water partition coefficient (Wildman–Crippen LogP) is 4.26. The third kappa shape index (κ3) is 7.10. The number of aromatic carboxylic acids is 2. The molecule has 0 aliphatic heterocycles. The lowest BCUT2D eigenvalue weighted by Crippen LogP contribution is -2.11. The molecule has 0 unspecified atom stereocenters. The van der Waals surface area contributed by atoms with Crippen molar-refractivity contribution in [2.75, 3.05) is 7.11 Å². The van der Waals surface area contributed by atoms with Crippen molar-refractivity contribution in [3.8, 4) is 5.88 Å². The van der Waals surface area contributed by atoms with E-state index in [1.165, 1.54) is 0 Å². The van der Waals surface area contributed by atoms with Crippen LogP contribution in [0.2, 0.25) is 5.15 Å². The topological polar surface area (TPSA) is 110 Å². The summed E-state index contributed by atoms with van der Waals surface area (Å²) in [5, 5.41) is 16.5. The zero-order valence-electron chi connectivity index (χ0n) is 14.0. The number of carbonyl (C=O) groups is 2. The van der Waals surface area contributed by atoms with Gasteiger partial charge in [0.15, 0.2) is 0 Å². The van der Waals surface area contributed by atoms with E-state index >= 15 is 0 Å². The number of carboxylic acid groups (broad SMARTS) is 2. The highest BCUT2D eigenvalue weighted by Crippen LogP contribution is 2.30. The van der Waals surface area contributed by atoms with E-state index in [2.05, 4.69) is 14.7 Å². The summed E-state index contributed by atoms with van der Waals surface area (Å²) in [6, 6.07) is 2.63. The van der Waals surface area contributed by atoms with Crippen molar-refractivity contribution in [3.05, 3.63) is 51.9 Å². The molecule has 158 valence electrons. The Balaban J connectivity index is 0.000000291. The van der Waals surface area contributed by atoms with Crippen molar-refractivity contribution < 1.29 is 50.9 Å². The molecule has 0 fully saturated rings. The Labute approximate surface area is 162 Å². The quantitative estimate of drug-likeness (QED) is 0.535. The minimum atomic E-state index is -4.70. The highest BCUT2D eigenvalue weighted by molar-refractivity contribution is 6.29. The molecule has 2 aromatic rings. The third-order valence-corrected chi connectivity index (χ3v) is 3.07. The van der Waals surface area contributed by atoms with Gasteiger partial charge in [-0.15, -0.1) is 0 Å². The number of halogens is 7. The number of nitrogens with zero attached hydrogens (tertiary/aromatic N) is 2. The predicted molar refractivity (Wildman–Crippen MR) is 84.0 cm³/mol. The van der Waals surface area contributed by atoms with E-state index in [0.717, 1.165) is 19.2 Å². The zero-order chi connectivity index (χ0) is 22.6. The SMILES string of the molecule is COc1cc(C(=O)O)cc(C(F)(F)F)n1.O=C(O)c1cc(Cl)nc(C(F)(F)F)c1. The molecule has 2 N–H and O–H groups in total. The molecule has 2 heterocycles. The monoisotopic (exact) mass is 446 g/mol. The van der Waals surface area contributed by atoms with Crippen molar-refractivity contribution >= 4 is 23.5 Å². The first-order valence-corrected chi connectivity index (χ1v) is 7.37. The van der Waals surface area contributed by atoms with E-state index in [9.17, 15) is 35.9 Å². The van der Waals surface area contributed by atoms with E-state index in [1.807, 2.05) is 0 Å². The fourth-order valence-corrected chi connectivity index (χ4v) is 1.85. The maximum Gasteiger partial charge on any atom is 0.433 e. The molecule has 0 bridgehead atoms. The van der Waals surface area contributed by atoms with Crippen LogP contribution in [0.4, 0.5) is 26.3 Å². The number of carboxylic acids is 2. The highest BCUT2D eigenvalue weighted by Gasteiger charge is 2.34. The molecule has 0 aromatic carbocycles. The second kappa shape index (κ2) is 8.94. The van der Waals surface area contributed by atoms with Crippen molar-refractivity contribution in [1.29, 1.82) is 0 Å². The van der Waals surface area contributed by atoms with Gasteiger partial charge in [-0.1, -0.05) is 11.6 Å². The van der Waals surface area contributed by atoms with Gasteiger partial charge in [0.25, 0.3) is 0 Å². The first-order chi connectivity index (χ1) is 13.1. The molecular formula is C15H9ClF6N2O5. The molecule has 14 heteroatoms. The van der Waals surface area contributed by atoms with Crippen LogP contribution < -0.4 is 4.74 Å². The lowest BCUT2D eigenvalue weighted by molar-refractivity contribution is -0.142. The molecule has 0 saturated heterocycles. The van der Waals surface area contributed by atoms with Crippen molar-refractivity contribution in [2.24, 2.45) is 0 Å². The maximum atomic E-state index is 12.2. The summed E-state index contributed by atoms with van der Waals surface area (Å²) in [4.78, 5) is 26.9. The first kappa shape index (κ1) is 23.9. The van der Waals surface area contributed by atoms with Crippen LogP contribution in [0.25, 0.3) is 0 Å². The average molecular weight is 447 g/mol. The summed E-state index contributed by atoms with van der Waals surface area (Å²) in [7, 11) is 1.11. The molecule has 29 heavy (non-hydrogen) atoms. The number of pyridine rings is 2. The molecule has 0 saturated carbocycles. The van der Waals surface area contributed by atoms with Gasteiger partial charge >= 0.3 is 24.3 Å². The Morgan fingerprint density at radius 3 is 1.66 bits per heavy atom. The molecule has 0 spiro atoms. The second-order valence-electron chi connectivity index (χ2n) is 4.95. The Kier molecular flexibility index (Phi) is 7.38. The fourth-order valence-electron chi connectivity index (χ4n) is 1.64. The van der Waals surface area contributed by atoms with Gasteiger partial charge in [-0.05, 0) is 18.2 Å². The summed E-state index contributed by atoms with van der Waals surface area (Å²) in [6.45, 7) is 0. The fraction of sp³-hybridized carbons (Fsp3) is 0.200. The lowest BCUT2D eigenvalue weighted by Gasteiger charge is -2.08.